The van der Waals surface area contributed by atoms with Crippen LogP contribution in [-0.2, 0) is 0 Å². The molecular weight excluding hydrogens is 611 g/mol. The molecule has 0 unspecified atom stereocenters. The maximum absolute atomic E-state index is 6.91. The first-order valence-corrected chi connectivity index (χ1v) is 17.1. The molecule has 7 heteroatoms. The standard InChI is InChI=1S/C38H21N3OS3/c1-4-16-32-24(11-1)26-20-31-30(21-35(26)43-32)41(23-10-7-9-22(19-23)37-39-27-13-2-5-17-33(27)44-37)29-15-8-12-25(36(29)42-31)38-40-28-14-3-6-18-34(28)45-38/h1-21H. The number of anilines is 3. The van der Waals surface area contributed by atoms with Crippen molar-refractivity contribution in [2.45, 2.75) is 0 Å². The molecule has 0 aliphatic carbocycles. The highest BCUT2D eigenvalue weighted by Crippen LogP contribution is 2.56. The zero-order valence-corrected chi connectivity index (χ0v) is 26.0. The number of rotatable bonds is 3. The smallest absolute Gasteiger partial charge is 0.161 e. The molecule has 1 aliphatic rings. The zero-order valence-electron chi connectivity index (χ0n) is 23.6. The number of hydrogen-bond donors (Lipinski definition) is 0. The van der Waals surface area contributed by atoms with Crippen molar-refractivity contribution < 1.29 is 4.74 Å². The van der Waals surface area contributed by atoms with Gasteiger partial charge in [0.15, 0.2) is 11.5 Å². The van der Waals surface area contributed by atoms with Crippen LogP contribution in [0.3, 0.4) is 0 Å². The fourth-order valence-electron chi connectivity index (χ4n) is 6.25. The fraction of sp³-hybridized carbons (Fsp3) is 0. The van der Waals surface area contributed by atoms with Crippen molar-refractivity contribution in [1.82, 2.24) is 9.97 Å². The third kappa shape index (κ3) is 3.95. The summed E-state index contributed by atoms with van der Waals surface area (Å²) in [5.74, 6) is 1.64. The topological polar surface area (TPSA) is 38.2 Å². The molecule has 45 heavy (non-hydrogen) atoms. The Balaban J connectivity index is 1.21. The number of nitrogens with zero attached hydrogens (tertiary/aromatic N) is 3. The van der Waals surface area contributed by atoms with Crippen LogP contribution in [0.1, 0.15) is 0 Å². The predicted molar refractivity (Wildman–Crippen MR) is 191 cm³/mol. The predicted octanol–water partition coefficient (Wildman–Crippen LogP) is 12.2. The minimum absolute atomic E-state index is 0.813. The molecule has 212 valence electrons. The fourth-order valence-corrected chi connectivity index (χ4v) is 9.32. The number of aromatic nitrogens is 2. The third-order valence-electron chi connectivity index (χ3n) is 8.32. The Morgan fingerprint density at radius 3 is 2.04 bits per heavy atom. The second-order valence-corrected chi connectivity index (χ2v) is 14.2. The monoisotopic (exact) mass is 631 g/mol. The van der Waals surface area contributed by atoms with Gasteiger partial charge in [0.25, 0.3) is 0 Å². The summed E-state index contributed by atoms with van der Waals surface area (Å²) in [5, 5.41) is 4.41. The second kappa shape index (κ2) is 9.71. The number of para-hydroxylation sites is 3. The van der Waals surface area contributed by atoms with Gasteiger partial charge in [-0.25, -0.2) is 9.97 Å². The lowest BCUT2D eigenvalue weighted by atomic mass is 10.0. The van der Waals surface area contributed by atoms with E-state index in [-0.39, 0.29) is 0 Å². The summed E-state index contributed by atoms with van der Waals surface area (Å²) in [7, 11) is 0. The number of thiazole rings is 2. The highest BCUT2D eigenvalue weighted by molar-refractivity contribution is 7.26. The highest BCUT2D eigenvalue weighted by Gasteiger charge is 2.30. The van der Waals surface area contributed by atoms with Crippen molar-refractivity contribution in [2.24, 2.45) is 0 Å². The Morgan fingerprint density at radius 1 is 0.511 bits per heavy atom. The lowest BCUT2D eigenvalue weighted by molar-refractivity contribution is 0.479. The largest absolute Gasteiger partial charge is 0.452 e. The van der Waals surface area contributed by atoms with E-state index in [0.29, 0.717) is 0 Å². The summed E-state index contributed by atoms with van der Waals surface area (Å²) in [6.45, 7) is 0. The summed E-state index contributed by atoms with van der Waals surface area (Å²) in [6, 6.07) is 44.8. The van der Waals surface area contributed by atoms with Crippen molar-refractivity contribution in [3.8, 4) is 32.6 Å². The van der Waals surface area contributed by atoms with Gasteiger partial charge >= 0.3 is 0 Å². The molecule has 9 aromatic rings. The van der Waals surface area contributed by atoms with Crippen LogP contribution in [-0.4, -0.2) is 9.97 Å². The summed E-state index contributed by atoms with van der Waals surface area (Å²) in [5.41, 5.74) is 7.16. The van der Waals surface area contributed by atoms with E-state index < -0.39 is 0 Å². The molecule has 0 fully saturated rings. The molecule has 4 heterocycles. The highest BCUT2D eigenvalue weighted by atomic mass is 32.1. The maximum atomic E-state index is 6.91. The van der Waals surface area contributed by atoms with E-state index in [2.05, 4.69) is 120 Å². The molecule has 0 saturated heterocycles. The Kier molecular flexibility index (Phi) is 5.45. The number of fused-ring (bicyclic) bond motifs is 7. The molecule has 0 atom stereocenters. The van der Waals surface area contributed by atoms with E-state index in [1.54, 1.807) is 22.7 Å². The van der Waals surface area contributed by atoms with E-state index >= 15 is 0 Å². The van der Waals surface area contributed by atoms with E-state index in [0.717, 1.165) is 65.4 Å². The quantitative estimate of drug-likeness (QED) is 0.194. The van der Waals surface area contributed by atoms with Crippen LogP contribution >= 0.6 is 34.0 Å². The summed E-state index contributed by atoms with van der Waals surface area (Å²) in [6.07, 6.45) is 0. The Hall–Kier alpha value is -5.08. The van der Waals surface area contributed by atoms with Crippen molar-refractivity contribution in [3.05, 3.63) is 127 Å². The summed E-state index contributed by atoms with van der Waals surface area (Å²) < 4.78 is 11.8. The lowest BCUT2D eigenvalue weighted by Gasteiger charge is -2.34. The van der Waals surface area contributed by atoms with Crippen molar-refractivity contribution in [1.29, 1.82) is 0 Å². The van der Waals surface area contributed by atoms with Gasteiger partial charge in [0.1, 0.15) is 10.0 Å². The van der Waals surface area contributed by atoms with Gasteiger partial charge in [-0.3, -0.25) is 0 Å². The molecule has 6 aromatic carbocycles. The molecule has 0 spiro atoms. The van der Waals surface area contributed by atoms with Crippen LogP contribution < -0.4 is 9.64 Å². The normalized spacial score (nSPS) is 12.6. The Labute approximate surface area is 270 Å². The van der Waals surface area contributed by atoms with Gasteiger partial charge in [-0.15, -0.1) is 34.0 Å². The molecule has 0 N–H and O–H groups in total. The summed E-state index contributed by atoms with van der Waals surface area (Å²) >= 11 is 5.24. The van der Waals surface area contributed by atoms with Crippen molar-refractivity contribution in [3.63, 3.8) is 0 Å². The van der Waals surface area contributed by atoms with Gasteiger partial charge in [0.05, 0.1) is 37.4 Å². The molecule has 3 aromatic heterocycles. The Morgan fingerprint density at radius 2 is 1.22 bits per heavy atom. The molecule has 1 aliphatic heterocycles. The summed E-state index contributed by atoms with van der Waals surface area (Å²) in [4.78, 5) is 12.3. The molecule has 0 bridgehead atoms. The number of thiophene rings is 1. The number of hydrogen-bond acceptors (Lipinski definition) is 7. The zero-order chi connectivity index (χ0) is 29.5. The minimum atomic E-state index is 0.813. The first-order valence-electron chi connectivity index (χ1n) is 14.7. The van der Waals surface area contributed by atoms with Gasteiger partial charge in [0, 0.05) is 31.4 Å². The molecule has 0 amide bonds. The minimum Gasteiger partial charge on any atom is -0.452 e. The van der Waals surface area contributed by atoms with Crippen molar-refractivity contribution in [2.75, 3.05) is 4.90 Å². The average Bonchev–Trinajstić information content (AvgIpc) is 3.81. The van der Waals surface area contributed by atoms with Gasteiger partial charge in [-0.2, -0.15) is 0 Å². The SMILES string of the molecule is c1cc(-c2nc3ccccc3s2)cc(N2c3cc4sc5ccccc5c4cc3Oc3c(-c4nc5ccccc5s4)cccc32)c1. The third-order valence-corrected chi connectivity index (χ3v) is 11.6. The van der Waals surface area contributed by atoms with Crippen LogP contribution in [0.2, 0.25) is 0 Å². The van der Waals surface area contributed by atoms with Crippen LogP contribution in [0.4, 0.5) is 17.1 Å². The first-order chi connectivity index (χ1) is 22.3. The van der Waals surface area contributed by atoms with E-state index in [1.807, 2.05) is 23.5 Å². The number of ether oxygens (including phenoxy) is 1. The molecule has 0 radical (unpaired) electrons. The molecule has 0 saturated carbocycles. The number of benzene rings is 6. The molecular formula is C38H21N3OS3. The Bertz CT molecular complexity index is 2550. The van der Waals surface area contributed by atoms with Gasteiger partial charge < -0.3 is 9.64 Å². The van der Waals surface area contributed by atoms with Gasteiger partial charge in [-0.05, 0) is 66.7 Å². The van der Waals surface area contributed by atoms with E-state index in [4.69, 9.17) is 14.7 Å². The van der Waals surface area contributed by atoms with Crippen LogP contribution in [0.5, 0.6) is 11.5 Å². The van der Waals surface area contributed by atoms with Crippen LogP contribution in [0, 0.1) is 0 Å². The average molecular weight is 632 g/mol. The van der Waals surface area contributed by atoms with Crippen molar-refractivity contribution >= 4 is 91.7 Å². The van der Waals surface area contributed by atoms with Gasteiger partial charge in [-0.1, -0.05) is 60.7 Å². The second-order valence-electron chi connectivity index (χ2n) is 11.0. The van der Waals surface area contributed by atoms with Crippen LogP contribution in [0.15, 0.2) is 127 Å². The molecule has 10 rings (SSSR count). The van der Waals surface area contributed by atoms with E-state index in [9.17, 15) is 0 Å². The molecule has 4 nitrogen and oxygen atoms in total. The van der Waals surface area contributed by atoms with Crippen LogP contribution in [0.25, 0.3) is 61.7 Å². The lowest BCUT2D eigenvalue weighted by Crippen LogP contribution is -2.16. The van der Waals surface area contributed by atoms with Gasteiger partial charge in [0.2, 0.25) is 0 Å². The van der Waals surface area contributed by atoms with E-state index in [1.165, 1.54) is 24.9 Å². The maximum Gasteiger partial charge on any atom is 0.161 e. The first kappa shape index (κ1) is 25.3.